The highest BCUT2D eigenvalue weighted by molar-refractivity contribution is 7.90. The van der Waals surface area contributed by atoms with E-state index >= 15 is 0 Å². The van der Waals surface area contributed by atoms with Crippen LogP contribution in [0.1, 0.15) is 35.5 Å². The van der Waals surface area contributed by atoms with E-state index in [4.69, 9.17) is 0 Å². The number of nitrogens with one attached hydrogen (secondary N) is 1. The van der Waals surface area contributed by atoms with Gasteiger partial charge in [-0.25, -0.2) is 13.4 Å². The second kappa shape index (κ2) is 7.23. The highest BCUT2D eigenvalue weighted by Gasteiger charge is 2.12. The van der Waals surface area contributed by atoms with Gasteiger partial charge in [-0.15, -0.1) is 11.3 Å². The molecule has 0 saturated carbocycles. The Kier molecular flexibility index (Phi) is 5.54. The van der Waals surface area contributed by atoms with Crippen LogP contribution in [0.15, 0.2) is 34.7 Å². The van der Waals surface area contributed by atoms with Gasteiger partial charge in [-0.1, -0.05) is 12.1 Å². The highest BCUT2D eigenvalue weighted by Crippen LogP contribution is 2.17. The molecule has 1 aromatic carbocycles. The number of thiazole rings is 1. The summed E-state index contributed by atoms with van der Waals surface area (Å²) in [5.41, 5.74) is 3.64. The number of hydrogen-bond acceptors (Lipinski definition) is 5. The van der Waals surface area contributed by atoms with E-state index in [0.717, 1.165) is 16.1 Å². The molecule has 0 aliphatic rings. The Labute approximate surface area is 140 Å². The molecule has 1 aromatic heterocycles. The Morgan fingerprint density at radius 1 is 1.30 bits per heavy atom. The molecule has 0 unspecified atom stereocenters. The van der Waals surface area contributed by atoms with Gasteiger partial charge in [-0.05, 0) is 38.0 Å². The van der Waals surface area contributed by atoms with E-state index in [0.29, 0.717) is 12.8 Å². The standard InChI is InChI=1S/C16H20N2O3S2/c1-11(13-4-6-14(7-5-13)23(3,20)21)18-16(19)9-8-15-12(2)17-10-22-15/h4-7,10-11H,8-9H2,1-3H3,(H,18,19)/t11-/m0/s1. The molecule has 0 aliphatic carbocycles. The Bertz CT molecular complexity index is 780. The zero-order chi connectivity index (χ0) is 17.0. The molecule has 1 atom stereocenters. The van der Waals surface area contributed by atoms with Crippen molar-refractivity contribution in [1.82, 2.24) is 10.3 Å². The lowest BCUT2D eigenvalue weighted by atomic mass is 10.1. The van der Waals surface area contributed by atoms with Crippen molar-refractivity contribution in [2.24, 2.45) is 0 Å². The first-order valence-electron chi connectivity index (χ1n) is 7.25. The summed E-state index contributed by atoms with van der Waals surface area (Å²) >= 11 is 1.56. The molecule has 2 aromatic rings. The van der Waals surface area contributed by atoms with Crippen LogP contribution < -0.4 is 5.32 Å². The van der Waals surface area contributed by atoms with E-state index in [9.17, 15) is 13.2 Å². The largest absolute Gasteiger partial charge is 0.350 e. The van der Waals surface area contributed by atoms with Gasteiger partial charge in [-0.3, -0.25) is 4.79 Å². The number of amides is 1. The van der Waals surface area contributed by atoms with Crippen LogP contribution in [0.4, 0.5) is 0 Å². The van der Waals surface area contributed by atoms with Crippen LogP contribution >= 0.6 is 11.3 Å². The molecule has 7 heteroatoms. The first-order valence-corrected chi connectivity index (χ1v) is 10.0. The first-order chi connectivity index (χ1) is 10.8. The maximum Gasteiger partial charge on any atom is 0.220 e. The minimum Gasteiger partial charge on any atom is -0.350 e. The molecule has 23 heavy (non-hydrogen) atoms. The topological polar surface area (TPSA) is 76.1 Å². The van der Waals surface area contributed by atoms with Crippen molar-refractivity contribution in [3.8, 4) is 0 Å². The predicted molar refractivity (Wildman–Crippen MR) is 91.3 cm³/mol. The number of sulfone groups is 1. The van der Waals surface area contributed by atoms with Gasteiger partial charge < -0.3 is 5.32 Å². The fraction of sp³-hybridized carbons (Fsp3) is 0.375. The smallest absolute Gasteiger partial charge is 0.220 e. The third kappa shape index (κ3) is 4.87. The number of aromatic nitrogens is 1. The Morgan fingerprint density at radius 3 is 2.48 bits per heavy atom. The van der Waals surface area contributed by atoms with Crippen molar-refractivity contribution in [3.05, 3.63) is 45.9 Å². The molecule has 0 saturated heterocycles. The maximum atomic E-state index is 12.0. The lowest BCUT2D eigenvalue weighted by molar-refractivity contribution is -0.121. The van der Waals surface area contributed by atoms with E-state index in [-0.39, 0.29) is 16.8 Å². The SMILES string of the molecule is Cc1ncsc1CCC(=O)N[C@@H](C)c1ccc(S(C)(=O)=O)cc1. The van der Waals surface area contributed by atoms with Crippen molar-refractivity contribution in [2.75, 3.05) is 6.26 Å². The van der Waals surface area contributed by atoms with Crippen LogP contribution in [0.3, 0.4) is 0 Å². The summed E-state index contributed by atoms with van der Waals surface area (Å²) in [5, 5.41) is 2.93. The molecular formula is C16H20N2O3S2. The molecule has 0 aliphatic heterocycles. The number of nitrogens with zero attached hydrogens (tertiary/aromatic N) is 1. The number of carbonyl (C=O) groups excluding carboxylic acids is 1. The van der Waals surface area contributed by atoms with Crippen LogP contribution in [0, 0.1) is 6.92 Å². The van der Waals surface area contributed by atoms with Gasteiger partial charge in [0.25, 0.3) is 0 Å². The minimum absolute atomic E-state index is 0.0301. The summed E-state index contributed by atoms with van der Waals surface area (Å²) in [6.45, 7) is 3.82. The summed E-state index contributed by atoms with van der Waals surface area (Å²) < 4.78 is 22.9. The molecule has 1 heterocycles. The Balaban J connectivity index is 1.92. The summed E-state index contributed by atoms with van der Waals surface area (Å²) in [7, 11) is -3.20. The third-order valence-corrected chi connectivity index (χ3v) is 5.73. The van der Waals surface area contributed by atoms with Gasteiger partial charge >= 0.3 is 0 Å². The Hall–Kier alpha value is -1.73. The van der Waals surface area contributed by atoms with E-state index < -0.39 is 9.84 Å². The van der Waals surface area contributed by atoms with Crippen molar-refractivity contribution >= 4 is 27.1 Å². The van der Waals surface area contributed by atoms with Crippen LogP contribution in [0.5, 0.6) is 0 Å². The van der Waals surface area contributed by atoms with Gasteiger partial charge in [0, 0.05) is 17.6 Å². The summed E-state index contributed by atoms with van der Waals surface area (Å²) in [4.78, 5) is 17.6. The fourth-order valence-electron chi connectivity index (χ4n) is 2.19. The van der Waals surface area contributed by atoms with E-state index in [1.165, 1.54) is 6.26 Å². The first kappa shape index (κ1) is 17.6. The second-order valence-corrected chi connectivity index (χ2v) is 8.45. The van der Waals surface area contributed by atoms with E-state index in [1.807, 2.05) is 13.8 Å². The lowest BCUT2D eigenvalue weighted by Gasteiger charge is -2.14. The maximum absolute atomic E-state index is 12.0. The average molecular weight is 352 g/mol. The normalized spacial score (nSPS) is 12.8. The lowest BCUT2D eigenvalue weighted by Crippen LogP contribution is -2.26. The quantitative estimate of drug-likeness (QED) is 0.867. The number of aryl methyl sites for hydroxylation is 2. The zero-order valence-electron chi connectivity index (χ0n) is 13.4. The van der Waals surface area contributed by atoms with Gasteiger partial charge in [0.1, 0.15) is 0 Å². The molecule has 1 N–H and O–H groups in total. The van der Waals surface area contributed by atoms with Gasteiger partial charge in [0.05, 0.1) is 22.1 Å². The highest BCUT2D eigenvalue weighted by atomic mass is 32.2. The van der Waals surface area contributed by atoms with Crippen molar-refractivity contribution in [1.29, 1.82) is 0 Å². The molecule has 5 nitrogen and oxygen atoms in total. The van der Waals surface area contributed by atoms with Crippen molar-refractivity contribution in [2.45, 2.75) is 37.6 Å². The number of carbonyl (C=O) groups is 1. The molecule has 0 bridgehead atoms. The molecule has 0 fully saturated rings. The molecule has 124 valence electrons. The van der Waals surface area contributed by atoms with E-state index in [2.05, 4.69) is 10.3 Å². The van der Waals surface area contributed by atoms with Crippen LogP contribution in [-0.2, 0) is 21.1 Å². The fourth-order valence-corrected chi connectivity index (χ4v) is 3.61. The summed E-state index contributed by atoms with van der Waals surface area (Å²) in [5.74, 6) is -0.0301. The second-order valence-electron chi connectivity index (χ2n) is 5.49. The molecular weight excluding hydrogens is 332 g/mol. The average Bonchev–Trinajstić information content (AvgIpc) is 2.89. The summed E-state index contributed by atoms with van der Waals surface area (Å²) in [6.07, 6.45) is 2.27. The van der Waals surface area contributed by atoms with Crippen molar-refractivity contribution < 1.29 is 13.2 Å². The van der Waals surface area contributed by atoms with Crippen LogP contribution in [0.2, 0.25) is 0 Å². The van der Waals surface area contributed by atoms with Gasteiger partial charge in [-0.2, -0.15) is 0 Å². The number of hydrogen-bond donors (Lipinski definition) is 1. The van der Waals surface area contributed by atoms with Gasteiger partial charge in [0.2, 0.25) is 5.91 Å². The molecule has 0 spiro atoms. The number of benzene rings is 1. The molecule has 1 amide bonds. The van der Waals surface area contributed by atoms with Gasteiger partial charge in [0.15, 0.2) is 9.84 Å². The molecule has 0 radical (unpaired) electrons. The monoisotopic (exact) mass is 352 g/mol. The molecule has 2 rings (SSSR count). The predicted octanol–water partition coefficient (Wildman–Crippen LogP) is 2.67. The number of rotatable bonds is 6. The van der Waals surface area contributed by atoms with Crippen molar-refractivity contribution in [3.63, 3.8) is 0 Å². The zero-order valence-corrected chi connectivity index (χ0v) is 15.0. The summed E-state index contributed by atoms with van der Waals surface area (Å²) in [6, 6.07) is 6.42. The van der Waals surface area contributed by atoms with E-state index in [1.54, 1.807) is 41.1 Å². The van der Waals surface area contributed by atoms with Crippen LogP contribution in [0.25, 0.3) is 0 Å². The third-order valence-electron chi connectivity index (χ3n) is 3.61. The Morgan fingerprint density at radius 2 is 1.96 bits per heavy atom. The minimum atomic E-state index is -3.20. The van der Waals surface area contributed by atoms with Crippen LogP contribution in [-0.4, -0.2) is 25.6 Å².